The van der Waals surface area contributed by atoms with Gasteiger partial charge in [-0.1, -0.05) is 43.7 Å². The van der Waals surface area contributed by atoms with Crippen LogP contribution in [0.1, 0.15) is 49.7 Å². The molecule has 0 bridgehead atoms. The number of fused-ring (bicyclic) bond motifs is 1. The minimum absolute atomic E-state index is 0.0700. The minimum atomic E-state index is -3.44. The van der Waals surface area contributed by atoms with E-state index in [1.807, 2.05) is 55.6 Å². The molecule has 1 aromatic heterocycles. The number of para-hydroxylation sites is 1. The first-order valence-corrected chi connectivity index (χ1v) is 13.5. The number of nitrogens with one attached hydrogen (secondary N) is 2. The smallest absolute Gasteiger partial charge is 0.238 e. The van der Waals surface area contributed by atoms with Crippen molar-refractivity contribution >= 4 is 26.8 Å². The molecule has 0 spiro atoms. The van der Waals surface area contributed by atoms with Crippen LogP contribution in [0.4, 0.5) is 0 Å². The van der Waals surface area contributed by atoms with E-state index in [4.69, 9.17) is 4.74 Å². The molecule has 2 N–H and O–H groups in total. The fourth-order valence-electron chi connectivity index (χ4n) is 4.82. The lowest BCUT2D eigenvalue weighted by molar-refractivity contribution is -0.125. The molecule has 2 aromatic carbocycles. The highest BCUT2D eigenvalue weighted by molar-refractivity contribution is 7.89. The molecule has 1 saturated heterocycles. The second-order valence-electron chi connectivity index (χ2n) is 8.80. The summed E-state index contributed by atoms with van der Waals surface area (Å²) in [6.07, 6.45) is 4.71. The van der Waals surface area contributed by atoms with Crippen LogP contribution in [0.5, 0.6) is 5.75 Å². The fourth-order valence-corrected chi connectivity index (χ4v) is 6.57. The van der Waals surface area contributed by atoms with Crippen molar-refractivity contribution in [2.75, 3.05) is 26.0 Å². The SMILES string of the molecule is CCCS(=O)(=O)N1CCCCC1C(=O)NCC(c1ccc(OC)cc1)c1c[nH]c2ccccc12. The summed E-state index contributed by atoms with van der Waals surface area (Å²) >= 11 is 0. The number of methoxy groups -OCH3 is 1. The summed E-state index contributed by atoms with van der Waals surface area (Å²) in [7, 11) is -1.81. The Labute approximate surface area is 201 Å². The van der Waals surface area contributed by atoms with Crippen LogP contribution in [-0.4, -0.2) is 55.6 Å². The Bertz CT molecular complexity index is 1220. The van der Waals surface area contributed by atoms with E-state index in [-0.39, 0.29) is 17.6 Å². The van der Waals surface area contributed by atoms with E-state index < -0.39 is 16.1 Å². The summed E-state index contributed by atoms with van der Waals surface area (Å²) in [5.74, 6) is 0.512. The highest BCUT2D eigenvalue weighted by Crippen LogP contribution is 2.32. The zero-order chi connectivity index (χ0) is 24.1. The van der Waals surface area contributed by atoms with E-state index in [1.54, 1.807) is 7.11 Å². The number of sulfonamides is 1. The number of ether oxygens (including phenoxy) is 1. The van der Waals surface area contributed by atoms with Gasteiger partial charge in [0.15, 0.2) is 0 Å². The van der Waals surface area contributed by atoms with Crippen molar-refractivity contribution in [2.45, 2.75) is 44.6 Å². The first-order chi connectivity index (χ1) is 16.4. The van der Waals surface area contributed by atoms with Gasteiger partial charge >= 0.3 is 0 Å². The van der Waals surface area contributed by atoms with Crippen LogP contribution in [0, 0.1) is 0 Å². The minimum Gasteiger partial charge on any atom is -0.497 e. The summed E-state index contributed by atoms with van der Waals surface area (Å²) in [4.78, 5) is 16.6. The number of rotatable bonds is 9. The van der Waals surface area contributed by atoms with Gasteiger partial charge in [0, 0.05) is 36.1 Å². The molecule has 0 saturated carbocycles. The zero-order valence-electron chi connectivity index (χ0n) is 19.8. The largest absolute Gasteiger partial charge is 0.497 e. The van der Waals surface area contributed by atoms with Gasteiger partial charge in [0.05, 0.1) is 12.9 Å². The second kappa shape index (κ2) is 10.6. The van der Waals surface area contributed by atoms with Gasteiger partial charge in [-0.25, -0.2) is 8.42 Å². The van der Waals surface area contributed by atoms with Crippen molar-refractivity contribution in [1.82, 2.24) is 14.6 Å². The van der Waals surface area contributed by atoms with Gasteiger partial charge in [-0.3, -0.25) is 4.79 Å². The van der Waals surface area contributed by atoms with Crippen molar-refractivity contribution < 1.29 is 17.9 Å². The summed E-state index contributed by atoms with van der Waals surface area (Å²) in [5, 5.41) is 4.19. The van der Waals surface area contributed by atoms with Gasteiger partial charge in [0.1, 0.15) is 11.8 Å². The van der Waals surface area contributed by atoms with E-state index in [0.717, 1.165) is 40.6 Å². The molecular weight excluding hydrogens is 450 g/mol. The summed E-state index contributed by atoms with van der Waals surface area (Å²) < 4.78 is 32.3. The summed E-state index contributed by atoms with van der Waals surface area (Å²) in [6.45, 7) is 2.62. The highest BCUT2D eigenvalue weighted by atomic mass is 32.2. The summed E-state index contributed by atoms with van der Waals surface area (Å²) in [6, 6.07) is 15.3. The number of carbonyl (C=O) groups is 1. The first kappa shape index (κ1) is 24.3. The molecule has 1 aliphatic rings. The summed E-state index contributed by atoms with van der Waals surface area (Å²) in [5.41, 5.74) is 3.16. The maximum absolute atomic E-state index is 13.3. The molecule has 1 amide bonds. The third-order valence-corrected chi connectivity index (χ3v) is 8.65. The molecule has 34 heavy (non-hydrogen) atoms. The van der Waals surface area contributed by atoms with Crippen LogP contribution in [0.15, 0.2) is 54.7 Å². The second-order valence-corrected chi connectivity index (χ2v) is 10.8. The molecule has 8 heteroatoms. The number of hydrogen-bond acceptors (Lipinski definition) is 4. The topological polar surface area (TPSA) is 91.5 Å². The van der Waals surface area contributed by atoms with E-state index in [2.05, 4.69) is 16.4 Å². The fraction of sp³-hybridized carbons (Fsp3) is 0.423. The highest BCUT2D eigenvalue weighted by Gasteiger charge is 2.36. The lowest BCUT2D eigenvalue weighted by Gasteiger charge is -2.34. The Hall–Kier alpha value is -2.84. The van der Waals surface area contributed by atoms with Crippen LogP contribution in [0.2, 0.25) is 0 Å². The normalized spacial score (nSPS) is 18.0. The van der Waals surface area contributed by atoms with E-state index in [0.29, 0.717) is 25.9 Å². The standard InChI is InChI=1S/C26H33N3O4S/c1-3-16-34(31,32)29-15-7-6-10-25(29)26(30)28-17-22(19-11-13-20(33-2)14-12-19)23-18-27-24-9-5-4-8-21(23)24/h4-5,8-9,11-14,18,22,25,27H,3,6-7,10,15-17H2,1-2H3,(H,28,30). The predicted octanol–water partition coefficient (Wildman–Crippen LogP) is 4.02. The van der Waals surface area contributed by atoms with Crippen LogP contribution in [0.25, 0.3) is 10.9 Å². The monoisotopic (exact) mass is 483 g/mol. The quantitative estimate of drug-likeness (QED) is 0.481. The average Bonchev–Trinajstić information content (AvgIpc) is 3.28. The van der Waals surface area contributed by atoms with Crippen LogP contribution in [0.3, 0.4) is 0 Å². The number of aromatic nitrogens is 1. The van der Waals surface area contributed by atoms with Crippen LogP contribution >= 0.6 is 0 Å². The van der Waals surface area contributed by atoms with Gasteiger partial charge in [0.2, 0.25) is 15.9 Å². The predicted molar refractivity (Wildman–Crippen MR) is 135 cm³/mol. The van der Waals surface area contributed by atoms with E-state index >= 15 is 0 Å². The maximum atomic E-state index is 13.3. The molecule has 2 unspecified atom stereocenters. The number of amides is 1. The van der Waals surface area contributed by atoms with Crippen molar-refractivity contribution in [1.29, 1.82) is 0 Å². The van der Waals surface area contributed by atoms with E-state index in [9.17, 15) is 13.2 Å². The Kier molecular flexibility index (Phi) is 7.58. The Morgan fingerprint density at radius 1 is 1.18 bits per heavy atom. The van der Waals surface area contributed by atoms with Crippen molar-refractivity contribution in [3.05, 3.63) is 65.9 Å². The Morgan fingerprint density at radius 2 is 1.94 bits per heavy atom. The number of carbonyl (C=O) groups excluding carboxylic acids is 1. The number of hydrogen-bond donors (Lipinski definition) is 2. The average molecular weight is 484 g/mol. The molecule has 7 nitrogen and oxygen atoms in total. The lowest BCUT2D eigenvalue weighted by Crippen LogP contribution is -2.52. The van der Waals surface area contributed by atoms with Crippen LogP contribution < -0.4 is 10.1 Å². The lowest BCUT2D eigenvalue weighted by atomic mass is 9.90. The molecule has 2 heterocycles. The van der Waals surface area contributed by atoms with Gasteiger partial charge in [0.25, 0.3) is 0 Å². The number of piperidine rings is 1. The molecule has 3 aromatic rings. The third-order valence-electron chi connectivity index (χ3n) is 6.57. The Balaban J connectivity index is 1.59. The number of H-pyrrole nitrogens is 1. The maximum Gasteiger partial charge on any atom is 0.238 e. The van der Waals surface area contributed by atoms with Gasteiger partial charge in [-0.05, 0) is 48.6 Å². The Morgan fingerprint density at radius 3 is 2.68 bits per heavy atom. The first-order valence-electron chi connectivity index (χ1n) is 11.9. The number of nitrogens with zero attached hydrogens (tertiary/aromatic N) is 1. The molecule has 0 aliphatic carbocycles. The van der Waals surface area contributed by atoms with Gasteiger partial charge in [-0.2, -0.15) is 4.31 Å². The number of aromatic amines is 1. The molecule has 182 valence electrons. The van der Waals surface area contributed by atoms with Gasteiger partial charge < -0.3 is 15.0 Å². The van der Waals surface area contributed by atoms with Gasteiger partial charge in [-0.15, -0.1) is 0 Å². The van der Waals surface area contributed by atoms with Crippen LogP contribution in [-0.2, 0) is 14.8 Å². The molecule has 0 radical (unpaired) electrons. The van der Waals surface area contributed by atoms with Crippen molar-refractivity contribution in [3.8, 4) is 5.75 Å². The van der Waals surface area contributed by atoms with Crippen molar-refractivity contribution in [2.24, 2.45) is 0 Å². The zero-order valence-corrected chi connectivity index (χ0v) is 20.6. The van der Waals surface area contributed by atoms with E-state index in [1.165, 1.54) is 4.31 Å². The third kappa shape index (κ3) is 5.13. The molecular formula is C26H33N3O4S. The molecule has 4 rings (SSSR count). The van der Waals surface area contributed by atoms with Crippen molar-refractivity contribution in [3.63, 3.8) is 0 Å². The molecule has 1 aliphatic heterocycles. The molecule has 2 atom stereocenters. The molecule has 1 fully saturated rings. The number of benzene rings is 2.